The fraction of sp³-hybridized carbons (Fsp3) is 0.562. The van der Waals surface area contributed by atoms with E-state index < -0.39 is 0 Å². The Bertz CT molecular complexity index is 374. The van der Waals surface area contributed by atoms with Gasteiger partial charge in [0.05, 0.1) is 0 Å². The minimum atomic E-state index is 0.265. The van der Waals surface area contributed by atoms with Gasteiger partial charge in [0.15, 0.2) is 0 Å². The van der Waals surface area contributed by atoms with Crippen LogP contribution in [0.2, 0.25) is 0 Å². The Kier molecular flexibility index (Phi) is 4.94. The van der Waals surface area contributed by atoms with Crippen molar-refractivity contribution in [3.8, 4) is 0 Å². The largest absolute Gasteiger partial charge is 0.301 e. The SMILES string of the molecule is CN(Cc1ccccc1)CC1CCCCCC1=O. The maximum absolute atomic E-state index is 12.0. The van der Waals surface area contributed by atoms with Crippen molar-refractivity contribution in [2.45, 2.75) is 38.6 Å². The summed E-state index contributed by atoms with van der Waals surface area (Å²) in [5.41, 5.74) is 1.32. The summed E-state index contributed by atoms with van der Waals surface area (Å²) in [5, 5.41) is 0. The molecule has 0 spiro atoms. The van der Waals surface area contributed by atoms with Crippen molar-refractivity contribution in [3.05, 3.63) is 35.9 Å². The third kappa shape index (κ3) is 3.95. The van der Waals surface area contributed by atoms with Crippen LogP contribution < -0.4 is 0 Å². The molecule has 1 fully saturated rings. The van der Waals surface area contributed by atoms with Gasteiger partial charge in [-0.2, -0.15) is 0 Å². The number of carbonyl (C=O) groups excluding carboxylic acids is 1. The monoisotopic (exact) mass is 245 g/mol. The van der Waals surface area contributed by atoms with Crippen LogP contribution in [-0.2, 0) is 11.3 Å². The maximum Gasteiger partial charge on any atom is 0.137 e. The Morgan fingerprint density at radius 2 is 1.94 bits per heavy atom. The molecule has 0 saturated heterocycles. The summed E-state index contributed by atoms with van der Waals surface area (Å²) in [7, 11) is 2.12. The van der Waals surface area contributed by atoms with Crippen molar-refractivity contribution >= 4 is 5.78 Å². The van der Waals surface area contributed by atoms with Gasteiger partial charge in [0.25, 0.3) is 0 Å². The quantitative estimate of drug-likeness (QED) is 0.759. The van der Waals surface area contributed by atoms with Gasteiger partial charge in [-0.3, -0.25) is 4.79 Å². The van der Waals surface area contributed by atoms with Gasteiger partial charge in [-0.1, -0.05) is 43.2 Å². The van der Waals surface area contributed by atoms with Crippen molar-refractivity contribution < 1.29 is 4.79 Å². The third-order valence-corrected chi connectivity index (χ3v) is 3.76. The fourth-order valence-corrected chi connectivity index (χ4v) is 2.76. The van der Waals surface area contributed by atoms with E-state index in [1.807, 2.05) is 6.07 Å². The van der Waals surface area contributed by atoms with Crippen LogP contribution >= 0.6 is 0 Å². The highest BCUT2D eigenvalue weighted by Gasteiger charge is 2.21. The summed E-state index contributed by atoms with van der Waals surface area (Å²) >= 11 is 0. The van der Waals surface area contributed by atoms with E-state index in [0.717, 1.165) is 32.4 Å². The van der Waals surface area contributed by atoms with Gasteiger partial charge in [-0.25, -0.2) is 0 Å². The molecule has 1 aliphatic rings. The number of rotatable bonds is 4. The highest BCUT2D eigenvalue weighted by molar-refractivity contribution is 5.81. The van der Waals surface area contributed by atoms with Gasteiger partial charge in [-0.15, -0.1) is 0 Å². The first-order valence-corrected chi connectivity index (χ1v) is 7.01. The molecule has 1 unspecified atom stereocenters. The molecule has 0 aliphatic heterocycles. The molecular formula is C16H23NO. The highest BCUT2D eigenvalue weighted by atomic mass is 16.1. The Balaban J connectivity index is 1.86. The third-order valence-electron chi connectivity index (χ3n) is 3.76. The van der Waals surface area contributed by atoms with Gasteiger partial charge in [0.2, 0.25) is 0 Å². The summed E-state index contributed by atoms with van der Waals surface area (Å²) in [6.45, 7) is 1.85. The van der Waals surface area contributed by atoms with Crippen LogP contribution in [0, 0.1) is 5.92 Å². The van der Waals surface area contributed by atoms with Gasteiger partial charge >= 0.3 is 0 Å². The number of ketones is 1. The Hall–Kier alpha value is -1.15. The number of nitrogens with zero attached hydrogens (tertiary/aromatic N) is 1. The zero-order valence-electron chi connectivity index (χ0n) is 11.3. The zero-order valence-corrected chi connectivity index (χ0v) is 11.3. The highest BCUT2D eigenvalue weighted by Crippen LogP contribution is 2.21. The van der Waals surface area contributed by atoms with Crippen molar-refractivity contribution in [3.63, 3.8) is 0 Å². The minimum absolute atomic E-state index is 0.265. The molecule has 2 heteroatoms. The van der Waals surface area contributed by atoms with E-state index >= 15 is 0 Å². The molecular weight excluding hydrogens is 222 g/mol. The smallest absolute Gasteiger partial charge is 0.137 e. The Morgan fingerprint density at radius 1 is 1.17 bits per heavy atom. The Morgan fingerprint density at radius 3 is 2.72 bits per heavy atom. The molecule has 1 aliphatic carbocycles. The van der Waals surface area contributed by atoms with E-state index in [4.69, 9.17) is 0 Å². The van der Waals surface area contributed by atoms with Crippen LogP contribution in [0.15, 0.2) is 30.3 Å². The second-order valence-corrected chi connectivity index (χ2v) is 5.44. The lowest BCUT2D eigenvalue weighted by Gasteiger charge is -2.22. The average Bonchev–Trinajstić information content (AvgIpc) is 2.56. The second-order valence-electron chi connectivity index (χ2n) is 5.44. The van der Waals surface area contributed by atoms with Crippen LogP contribution in [-0.4, -0.2) is 24.3 Å². The molecule has 0 bridgehead atoms. The molecule has 1 aromatic rings. The summed E-state index contributed by atoms with van der Waals surface area (Å²) in [6.07, 6.45) is 5.42. The summed E-state index contributed by atoms with van der Waals surface area (Å²) in [4.78, 5) is 14.3. The number of carbonyl (C=O) groups is 1. The molecule has 2 nitrogen and oxygen atoms in total. The minimum Gasteiger partial charge on any atom is -0.301 e. The predicted octanol–water partition coefficient (Wildman–Crippen LogP) is 3.27. The van der Waals surface area contributed by atoms with Crippen LogP contribution in [0.1, 0.15) is 37.7 Å². The van der Waals surface area contributed by atoms with Crippen molar-refractivity contribution in [2.75, 3.05) is 13.6 Å². The van der Waals surface area contributed by atoms with E-state index in [-0.39, 0.29) is 5.92 Å². The molecule has 1 atom stereocenters. The molecule has 18 heavy (non-hydrogen) atoms. The lowest BCUT2D eigenvalue weighted by Crippen LogP contribution is -2.29. The van der Waals surface area contributed by atoms with E-state index in [9.17, 15) is 4.79 Å². The lowest BCUT2D eigenvalue weighted by molar-refractivity contribution is -0.123. The Labute approximate surface area is 110 Å². The van der Waals surface area contributed by atoms with Gasteiger partial charge in [0, 0.05) is 25.4 Å². The standard InChI is InChI=1S/C16H23NO/c1-17(12-14-8-4-2-5-9-14)13-15-10-6-3-7-11-16(15)18/h2,4-5,8-9,15H,3,6-7,10-13H2,1H3. The van der Waals surface area contributed by atoms with Gasteiger partial charge in [-0.05, 0) is 25.5 Å². The molecule has 0 N–H and O–H groups in total. The van der Waals surface area contributed by atoms with Crippen molar-refractivity contribution in [1.29, 1.82) is 0 Å². The van der Waals surface area contributed by atoms with E-state index in [1.54, 1.807) is 0 Å². The summed E-state index contributed by atoms with van der Waals surface area (Å²) in [5.74, 6) is 0.744. The van der Waals surface area contributed by atoms with Crippen molar-refractivity contribution in [2.24, 2.45) is 5.92 Å². The zero-order chi connectivity index (χ0) is 12.8. The molecule has 0 aromatic heterocycles. The molecule has 0 radical (unpaired) electrons. The van der Waals surface area contributed by atoms with Gasteiger partial charge in [0.1, 0.15) is 5.78 Å². The molecule has 1 saturated carbocycles. The predicted molar refractivity (Wildman–Crippen MR) is 74.4 cm³/mol. The number of benzene rings is 1. The van der Waals surface area contributed by atoms with Gasteiger partial charge < -0.3 is 4.90 Å². The first-order chi connectivity index (χ1) is 8.75. The molecule has 2 rings (SSSR count). The fourth-order valence-electron chi connectivity index (χ4n) is 2.76. The molecule has 0 heterocycles. The lowest BCUT2D eigenvalue weighted by atomic mass is 9.98. The second kappa shape index (κ2) is 6.69. The first kappa shape index (κ1) is 13.3. The van der Waals surface area contributed by atoms with Crippen LogP contribution in [0.3, 0.4) is 0 Å². The van der Waals surface area contributed by atoms with E-state index in [0.29, 0.717) is 5.78 Å². The molecule has 0 amide bonds. The van der Waals surface area contributed by atoms with Crippen molar-refractivity contribution in [1.82, 2.24) is 4.90 Å². The maximum atomic E-state index is 12.0. The number of hydrogen-bond acceptors (Lipinski definition) is 2. The van der Waals surface area contributed by atoms with Crippen LogP contribution in [0.5, 0.6) is 0 Å². The summed E-state index contributed by atoms with van der Waals surface area (Å²) in [6, 6.07) is 10.5. The number of hydrogen-bond donors (Lipinski definition) is 0. The number of Topliss-reactive ketones (excluding diaryl/α,β-unsaturated/α-hetero) is 1. The topological polar surface area (TPSA) is 20.3 Å². The summed E-state index contributed by atoms with van der Waals surface area (Å²) < 4.78 is 0. The molecule has 1 aromatic carbocycles. The van der Waals surface area contributed by atoms with E-state index in [2.05, 4.69) is 36.2 Å². The first-order valence-electron chi connectivity index (χ1n) is 7.01. The van der Waals surface area contributed by atoms with Crippen LogP contribution in [0.4, 0.5) is 0 Å². The normalized spacial score (nSPS) is 21.0. The average molecular weight is 245 g/mol. The van der Waals surface area contributed by atoms with E-state index in [1.165, 1.54) is 18.4 Å². The van der Waals surface area contributed by atoms with Crippen LogP contribution in [0.25, 0.3) is 0 Å². The molecule has 98 valence electrons.